The lowest BCUT2D eigenvalue weighted by molar-refractivity contribution is 0.501. The summed E-state index contributed by atoms with van der Waals surface area (Å²) in [6.45, 7) is 7.56. The second-order valence-corrected chi connectivity index (χ2v) is 10.4. The number of rotatable bonds is 2. The van der Waals surface area contributed by atoms with Crippen LogP contribution in [0.25, 0.3) is 0 Å². The molecule has 2 rings (SSSR count). The van der Waals surface area contributed by atoms with Gasteiger partial charge in [0, 0.05) is 0 Å². The van der Waals surface area contributed by atoms with E-state index in [4.69, 9.17) is 0 Å². The summed E-state index contributed by atoms with van der Waals surface area (Å²) in [5.74, 6) is 0. The molecule has 1 unspecified atom stereocenters. The van der Waals surface area contributed by atoms with Crippen molar-refractivity contribution in [2.45, 2.75) is 95.0 Å². The fraction of sp³-hybridized carbons (Fsp3) is 1.00. The van der Waals surface area contributed by atoms with Gasteiger partial charge in [-0.25, -0.2) is 0 Å². The minimum Gasteiger partial charge on any atom is -0.0948 e. The van der Waals surface area contributed by atoms with E-state index in [0.717, 1.165) is 11.3 Å². The average Bonchev–Trinajstić information content (AvgIpc) is 2.71. The molecule has 0 aliphatic heterocycles. The van der Waals surface area contributed by atoms with Gasteiger partial charge in [-0.3, -0.25) is 0 Å². The highest BCUT2D eigenvalue weighted by Gasteiger charge is 2.38. The Morgan fingerprint density at radius 2 is 1.06 bits per heavy atom. The van der Waals surface area contributed by atoms with E-state index in [2.05, 4.69) is 20.8 Å². The molecule has 0 spiro atoms. The largest absolute Gasteiger partial charge is 0.0948 e. The molecule has 1 atom stereocenters. The first-order valence-electron chi connectivity index (χ1n) is 7.37. The van der Waals surface area contributed by atoms with Crippen molar-refractivity contribution < 1.29 is 0 Å². The molecule has 0 N–H and O–H groups in total. The molecule has 1 heteroatoms. The maximum Gasteiger partial charge on any atom is -0.0174 e. The zero-order chi connectivity index (χ0) is 11.6. The van der Waals surface area contributed by atoms with Crippen LogP contribution in [-0.2, 0) is 0 Å². The highest BCUT2D eigenvalue weighted by molar-refractivity contribution is 7.60. The molecule has 2 fully saturated rings. The Kier molecular flexibility index (Phi) is 4.33. The third-order valence-corrected chi connectivity index (χ3v) is 8.62. The van der Waals surface area contributed by atoms with Crippen LogP contribution in [0.4, 0.5) is 0 Å². The number of hydrogen-bond donors (Lipinski definition) is 0. The van der Waals surface area contributed by atoms with Gasteiger partial charge in [0.15, 0.2) is 0 Å². The molecule has 0 heterocycles. The van der Waals surface area contributed by atoms with Gasteiger partial charge in [-0.2, -0.15) is 0 Å². The van der Waals surface area contributed by atoms with Crippen molar-refractivity contribution in [3.05, 3.63) is 0 Å². The van der Waals surface area contributed by atoms with Gasteiger partial charge >= 0.3 is 0 Å². The Morgan fingerprint density at radius 3 is 1.44 bits per heavy atom. The molecule has 94 valence electrons. The summed E-state index contributed by atoms with van der Waals surface area (Å²) in [4.78, 5) is 0. The van der Waals surface area contributed by atoms with Crippen molar-refractivity contribution >= 4 is 7.92 Å². The fourth-order valence-electron chi connectivity index (χ4n) is 3.94. The molecule has 2 saturated carbocycles. The lowest BCUT2D eigenvalue weighted by Crippen LogP contribution is -2.27. The van der Waals surface area contributed by atoms with E-state index in [1.807, 2.05) is 0 Å². The second-order valence-electron chi connectivity index (χ2n) is 6.81. The van der Waals surface area contributed by atoms with E-state index in [-0.39, 0.29) is 7.92 Å². The van der Waals surface area contributed by atoms with Crippen LogP contribution < -0.4 is 0 Å². The van der Waals surface area contributed by atoms with Crippen molar-refractivity contribution in [3.63, 3.8) is 0 Å². The van der Waals surface area contributed by atoms with Gasteiger partial charge in [-0.15, -0.1) is 0 Å². The first-order valence-corrected chi connectivity index (χ1v) is 8.85. The third kappa shape index (κ3) is 3.00. The van der Waals surface area contributed by atoms with Gasteiger partial charge in [0.25, 0.3) is 0 Å². The Hall–Kier alpha value is 0.430. The fourth-order valence-corrected chi connectivity index (χ4v) is 8.57. The van der Waals surface area contributed by atoms with Gasteiger partial charge in [-0.05, 0) is 42.2 Å². The summed E-state index contributed by atoms with van der Waals surface area (Å²) in [6, 6.07) is 0. The molecule has 2 aliphatic carbocycles. The average molecular weight is 240 g/mol. The third-order valence-electron chi connectivity index (χ3n) is 4.46. The first kappa shape index (κ1) is 12.9. The first-order chi connectivity index (χ1) is 7.59. The SMILES string of the molecule is CC(C)(C)P(C1CCCCC1)C1CCCC1. The number of hydrogen-bond acceptors (Lipinski definition) is 0. The summed E-state index contributed by atoms with van der Waals surface area (Å²) in [7, 11) is 0.279. The highest BCUT2D eigenvalue weighted by atomic mass is 31.1. The maximum atomic E-state index is 2.52. The Morgan fingerprint density at radius 1 is 0.688 bits per heavy atom. The summed E-state index contributed by atoms with van der Waals surface area (Å²) < 4.78 is 0. The van der Waals surface area contributed by atoms with Crippen molar-refractivity contribution in [2.75, 3.05) is 0 Å². The van der Waals surface area contributed by atoms with Crippen molar-refractivity contribution in [1.82, 2.24) is 0 Å². The van der Waals surface area contributed by atoms with Crippen LogP contribution in [0.15, 0.2) is 0 Å². The quantitative estimate of drug-likeness (QED) is 0.556. The normalized spacial score (nSPS) is 27.2. The van der Waals surface area contributed by atoms with Crippen molar-refractivity contribution in [1.29, 1.82) is 0 Å². The summed E-state index contributed by atoms with van der Waals surface area (Å²) in [5, 5.41) is 0.604. The Labute approximate surface area is 103 Å². The van der Waals surface area contributed by atoms with Crippen LogP contribution in [0.2, 0.25) is 0 Å². The molecule has 0 aromatic carbocycles. The topological polar surface area (TPSA) is 0 Å². The molecule has 0 aromatic rings. The van der Waals surface area contributed by atoms with Crippen LogP contribution in [0.3, 0.4) is 0 Å². The van der Waals surface area contributed by atoms with Crippen molar-refractivity contribution in [2.24, 2.45) is 0 Å². The Balaban J connectivity index is 2.06. The Bertz CT molecular complexity index is 204. The van der Waals surface area contributed by atoms with Crippen LogP contribution >= 0.6 is 7.92 Å². The monoisotopic (exact) mass is 240 g/mol. The minimum absolute atomic E-state index is 0.279. The molecule has 0 bridgehead atoms. The smallest absolute Gasteiger partial charge is 0.0174 e. The standard InChI is InChI=1S/C15H29P/c1-15(2,3)16(14-11-7-8-12-14)13-9-5-4-6-10-13/h13-14H,4-12H2,1-3H3. The summed E-state index contributed by atoms with van der Waals surface area (Å²) >= 11 is 0. The molecule has 0 saturated heterocycles. The van der Waals surface area contributed by atoms with E-state index in [1.54, 1.807) is 25.7 Å². The molecular weight excluding hydrogens is 211 g/mol. The van der Waals surface area contributed by atoms with Gasteiger partial charge in [-0.1, -0.05) is 60.8 Å². The van der Waals surface area contributed by atoms with E-state index in [9.17, 15) is 0 Å². The predicted octanol–water partition coefficient (Wildman–Crippen LogP) is 5.54. The zero-order valence-electron chi connectivity index (χ0n) is 11.5. The van der Waals surface area contributed by atoms with E-state index in [1.165, 1.54) is 32.1 Å². The molecule has 0 radical (unpaired) electrons. The van der Waals surface area contributed by atoms with E-state index in [0.29, 0.717) is 5.16 Å². The van der Waals surface area contributed by atoms with E-state index < -0.39 is 0 Å². The van der Waals surface area contributed by atoms with Crippen molar-refractivity contribution in [3.8, 4) is 0 Å². The van der Waals surface area contributed by atoms with Crippen LogP contribution in [0, 0.1) is 0 Å². The van der Waals surface area contributed by atoms with Crippen LogP contribution in [0.1, 0.15) is 78.6 Å². The lowest BCUT2D eigenvalue weighted by atomic mass is 10.0. The molecule has 2 aliphatic rings. The highest BCUT2D eigenvalue weighted by Crippen LogP contribution is 2.63. The molecule has 0 nitrogen and oxygen atoms in total. The second kappa shape index (κ2) is 5.38. The van der Waals surface area contributed by atoms with Gasteiger partial charge in [0.2, 0.25) is 0 Å². The molecule has 16 heavy (non-hydrogen) atoms. The van der Waals surface area contributed by atoms with Crippen LogP contribution in [-0.4, -0.2) is 16.5 Å². The lowest BCUT2D eigenvalue weighted by Gasteiger charge is -2.43. The van der Waals surface area contributed by atoms with E-state index >= 15 is 0 Å². The van der Waals surface area contributed by atoms with Gasteiger partial charge < -0.3 is 0 Å². The van der Waals surface area contributed by atoms with Crippen LogP contribution in [0.5, 0.6) is 0 Å². The molecular formula is C15H29P. The summed E-state index contributed by atoms with van der Waals surface area (Å²) in [5.41, 5.74) is 2.24. The van der Waals surface area contributed by atoms with Gasteiger partial charge in [0.1, 0.15) is 0 Å². The summed E-state index contributed by atoms with van der Waals surface area (Å²) in [6.07, 6.45) is 13.8. The zero-order valence-corrected chi connectivity index (χ0v) is 12.4. The molecule has 0 amide bonds. The van der Waals surface area contributed by atoms with Gasteiger partial charge in [0.05, 0.1) is 0 Å². The maximum absolute atomic E-state index is 2.52. The molecule has 0 aromatic heterocycles. The predicted molar refractivity (Wildman–Crippen MR) is 75.8 cm³/mol. The minimum atomic E-state index is 0.279.